The van der Waals surface area contributed by atoms with Crippen LogP contribution in [0.2, 0.25) is 0 Å². The first-order valence-corrected chi connectivity index (χ1v) is 14.4. The molecule has 1 atom stereocenters. The van der Waals surface area contributed by atoms with E-state index in [1.807, 2.05) is 23.2 Å². The van der Waals surface area contributed by atoms with Crippen molar-refractivity contribution < 1.29 is 14.3 Å². The van der Waals surface area contributed by atoms with Crippen LogP contribution in [0.5, 0.6) is 5.75 Å². The molecule has 1 fully saturated rings. The predicted molar refractivity (Wildman–Crippen MR) is 168 cm³/mol. The van der Waals surface area contributed by atoms with Gasteiger partial charge >= 0.3 is 0 Å². The van der Waals surface area contributed by atoms with E-state index < -0.39 is 0 Å². The molecule has 1 aliphatic heterocycles. The summed E-state index contributed by atoms with van der Waals surface area (Å²) in [5.74, 6) is 1.65. The zero-order valence-electron chi connectivity index (χ0n) is 25.1. The highest BCUT2D eigenvalue weighted by molar-refractivity contribution is 6.03. The Hall–Kier alpha value is -3.90. The summed E-state index contributed by atoms with van der Waals surface area (Å²) in [6, 6.07) is 23.2. The smallest absolute Gasteiger partial charge is 0.229 e. The lowest BCUT2D eigenvalue weighted by Gasteiger charge is -2.27. The maximum absolute atomic E-state index is 13.8. The Kier molecular flexibility index (Phi) is 8.32. The van der Waals surface area contributed by atoms with Crippen molar-refractivity contribution in [2.24, 2.45) is 5.41 Å². The Morgan fingerprint density at radius 1 is 1.00 bits per heavy atom. The first-order chi connectivity index (χ1) is 19.6. The second-order valence-electron chi connectivity index (χ2n) is 12.2. The van der Waals surface area contributed by atoms with Gasteiger partial charge in [0.1, 0.15) is 11.6 Å². The number of carbonyl (C=O) groups excluding carboxylic acids is 1. The van der Waals surface area contributed by atoms with Gasteiger partial charge in [0.2, 0.25) is 5.91 Å². The second-order valence-corrected chi connectivity index (χ2v) is 12.2. The molecule has 4 aromatic rings. The van der Waals surface area contributed by atoms with Gasteiger partial charge in [-0.25, -0.2) is 4.98 Å². The average Bonchev–Trinajstić information content (AvgIpc) is 3.44. The minimum atomic E-state index is -0.142. The number of fused-ring (bicyclic) bond motifs is 1. The quantitative estimate of drug-likeness (QED) is 0.228. The lowest BCUT2D eigenvalue weighted by Crippen LogP contribution is -2.34. The largest absolute Gasteiger partial charge is 0.496 e. The summed E-state index contributed by atoms with van der Waals surface area (Å²) < 4.78 is 11.0. The molecule has 3 aromatic carbocycles. The fourth-order valence-electron chi connectivity index (χ4n) is 5.59. The fraction of sp³-hybridized carbons (Fsp3) is 0.371. The topological polar surface area (TPSA) is 54.9 Å². The standard InChI is InChI=1S/C35H41N3O3/c1-24-19-27(11-14-32(24)41-6)26-9-7-25(8-10-26)22-38(33(39)21-35(2,3)4)34-31-13-12-29(20-28(31)15-17-36-34)37-18-16-30(23-37)40-5/h7-15,17,19-20,30H,16,18,21-23H2,1-6H3. The molecule has 0 aliphatic carbocycles. The number of anilines is 2. The molecule has 1 aromatic heterocycles. The van der Waals surface area contributed by atoms with Gasteiger partial charge in [0, 0.05) is 43.9 Å². The van der Waals surface area contributed by atoms with Crippen LogP contribution in [0.25, 0.3) is 21.9 Å². The molecule has 2 heterocycles. The predicted octanol–water partition coefficient (Wildman–Crippen LogP) is 7.41. The van der Waals surface area contributed by atoms with Gasteiger partial charge in [0.05, 0.1) is 19.8 Å². The molecule has 214 valence electrons. The van der Waals surface area contributed by atoms with Gasteiger partial charge in [-0.2, -0.15) is 0 Å². The molecule has 0 saturated carbocycles. The van der Waals surface area contributed by atoms with Crippen molar-refractivity contribution in [1.29, 1.82) is 0 Å². The van der Waals surface area contributed by atoms with Gasteiger partial charge in [0.15, 0.2) is 0 Å². The number of rotatable bonds is 8. The summed E-state index contributed by atoms with van der Waals surface area (Å²) in [6.07, 6.45) is 3.54. The van der Waals surface area contributed by atoms with Crippen LogP contribution in [0.1, 0.15) is 44.7 Å². The summed E-state index contributed by atoms with van der Waals surface area (Å²) in [5.41, 5.74) is 5.45. The summed E-state index contributed by atoms with van der Waals surface area (Å²) in [7, 11) is 3.47. The van der Waals surface area contributed by atoms with Gasteiger partial charge in [0.25, 0.3) is 0 Å². The number of amides is 1. The molecular weight excluding hydrogens is 510 g/mol. The van der Waals surface area contributed by atoms with Gasteiger partial charge in [-0.05, 0) is 82.8 Å². The first-order valence-electron chi connectivity index (χ1n) is 14.4. The monoisotopic (exact) mass is 551 g/mol. The van der Waals surface area contributed by atoms with Crippen molar-refractivity contribution in [1.82, 2.24) is 4.98 Å². The third-order valence-corrected chi connectivity index (χ3v) is 7.83. The molecule has 0 radical (unpaired) electrons. The molecule has 0 spiro atoms. The zero-order chi connectivity index (χ0) is 29.1. The molecule has 1 aliphatic rings. The number of aryl methyl sites for hydroxylation is 1. The third kappa shape index (κ3) is 6.54. The van der Waals surface area contributed by atoms with Crippen molar-refractivity contribution in [3.8, 4) is 16.9 Å². The molecule has 41 heavy (non-hydrogen) atoms. The highest BCUT2D eigenvalue weighted by Gasteiger charge is 2.26. The van der Waals surface area contributed by atoms with Crippen LogP contribution in [0, 0.1) is 12.3 Å². The van der Waals surface area contributed by atoms with E-state index in [0.29, 0.717) is 18.8 Å². The summed E-state index contributed by atoms with van der Waals surface area (Å²) in [4.78, 5) is 22.8. The molecule has 0 N–H and O–H groups in total. The Balaban J connectivity index is 1.45. The number of aromatic nitrogens is 1. The lowest BCUT2D eigenvalue weighted by molar-refractivity contribution is -0.120. The Morgan fingerprint density at radius 3 is 2.41 bits per heavy atom. The van der Waals surface area contributed by atoms with Crippen molar-refractivity contribution in [2.45, 2.75) is 53.2 Å². The molecule has 1 amide bonds. The average molecular weight is 552 g/mol. The van der Waals surface area contributed by atoms with Crippen LogP contribution in [-0.2, 0) is 16.1 Å². The minimum absolute atomic E-state index is 0.0684. The van der Waals surface area contributed by atoms with E-state index in [1.165, 1.54) is 5.69 Å². The normalized spacial score (nSPS) is 15.4. The molecule has 1 unspecified atom stereocenters. The highest BCUT2D eigenvalue weighted by Crippen LogP contribution is 2.33. The Morgan fingerprint density at radius 2 is 1.76 bits per heavy atom. The van der Waals surface area contributed by atoms with Gasteiger partial charge in [-0.1, -0.05) is 51.1 Å². The Bertz CT molecular complexity index is 1520. The van der Waals surface area contributed by atoms with Crippen molar-refractivity contribution >= 4 is 28.2 Å². The van der Waals surface area contributed by atoms with E-state index in [9.17, 15) is 4.79 Å². The molecule has 5 rings (SSSR count). The van der Waals surface area contributed by atoms with Crippen molar-refractivity contribution in [3.63, 3.8) is 0 Å². The van der Waals surface area contributed by atoms with Crippen LogP contribution in [0.3, 0.4) is 0 Å². The number of pyridine rings is 1. The molecule has 0 bridgehead atoms. The van der Waals surface area contributed by atoms with Crippen LogP contribution >= 0.6 is 0 Å². The summed E-state index contributed by atoms with van der Waals surface area (Å²) in [6.45, 7) is 10.7. The number of carbonyl (C=O) groups is 1. The van der Waals surface area contributed by atoms with E-state index in [0.717, 1.165) is 58.3 Å². The summed E-state index contributed by atoms with van der Waals surface area (Å²) >= 11 is 0. The third-order valence-electron chi connectivity index (χ3n) is 7.83. The van der Waals surface area contributed by atoms with Crippen LogP contribution in [-0.4, -0.2) is 44.3 Å². The number of hydrogen-bond donors (Lipinski definition) is 0. The van der Waals surface area contributed by atoms with Crippen molar-refractivity contribution in [2.75, 3.05) is 37.1 Å². The molecule has 1 saturated heterocycles. The van der Waals surface area contributed by atoms with Crippen LogP contribution in [0.4, 0.5) is 11.5 Å². The van der Waals surface area contributed by atoms with E-state index in [-0.39, 0.29) is 17.4 Å². The maximum atomic E-state index is 13.8. The number of methoxy groups -OCH3 is 2. The SMILES string of the molecule is COc1ccc(-c2ccc(CN(C(=O)CC(C)(C)C)c3nccc4cc(N5CCC(OC)C5)ccc34)cc2)cc1C. The molecular formula is C35H41N3O3. The molecule has 6 nitrogen and oxygen atoms in total. The van der Waals surface area contributed by atoms with Gasteiger partial charge < -0.3 is 14.4 Å². The number of ether oxygens (including phenoxy) is 2. The lowest BCUT2D eigenvalue weighted by atomic mass is 9.91. The minimum Gasteiger partial charge on any atom is -0.496 e. The Labute approximate surface area is 243 Å². The maximum Gasteiger partial charge on any atom is 0.229 e. The molecule has 6 heteroatoms. The number of hydrogen-bond acceptors (Lipinski definition) is 5. The van der Waals surface area contributed by atoms with Gasteiger partial charge in [-0.3, -0.25) is 9.69 Å². The summed E-state index contributed by atoms with van der Waals surface area (Å²) in [5, 5.41) is 2.05. The number of benzene rings is 3. The zero-order valence-corrected chi connectivity index (χ0v) is 25.1. The second kappa shape index (κ2) is 11.9. The van der Waals surface area contributed by atoms with Gasteiger partial charge in [-0.15, -0.1) is 0 Å². The fourth-order valence-corrected chi connectivity index (χ4v) is 5.59. The first kappa shape index (κ1) is 28.6. The van der Waals surface area contributed by atoms with E-state index >= 15 is 0 Å². The number of nitrogens with zero attached hydrogens (tertiary/aromatic N) is 3. The van der Waals surface area contributed by atoms with E-state index in [4.69, 9.17) is 14.5 Å². The van der Waals surface area contributed by atoms with Crippen molar-refractivity contribution in [3.05, 3.63) is 84.1 Å². The van der Waals surface area contributed by atoms with E-state index in [2.05, 4.69) is 87.2 Å². The van der Waals surface area contributed by atoms with Crippen LogP contribution < -0.4 is 14.5 Å². The highest BCUT2D eigenvalue weighted by atomic mass is 16.5. The van der Waals surface area contributed by atoms with E-state index in [1.54, 1.807) is 14.2 Å². The van der Waals surface area contributed by atoms with Crippen LogP contribution in [0.15, 0.2) is 72.9 Å².